The molecule has 0 radical (unpaired) electrons. The third-order valence-electron chi connectivity index (χ3n) is 5.73. The predicted molar refractivity (Wildman–Crippen MR) is 112 cm³/mol. The summed E-state index contributed by atoms with van der Waals surface area (Å²) in [7, 11) is 0. The minimum Gasteiger partial charge on any atom is -0.334 e. The summed E-state index contributed by atoms with van der Waals surface area (Å²) in [6.07, 6.45) is 2.97. The van der Waals surface area contributed by atoms with Gasteiger partial charge < -0.3 is 9.80 Å². The van der Waals surface area contributed by atoms with Crippen LogP contribution in [0.2, 0.25) is 0 Å². The second kappa shape index (κ2) is 9.70. The molecule has 1 saturated heterocycles. The first-order valence-electron chi connectivity index (χ1n) is 10.3. The van der Waals surface area contributed by atoms with Gasteiger partial charge in [-0.1, -0.05) is 67.6 Å². The van der Waals surface area contributed by atoms with Crippen LogP contribution in [0.3, 0.4) is 0 Å². The molecule has 0 saturated carbocycles. The van der Waals surface area contributed by atoms with Gasteiger partial charge in [-0.3, -0.25) is 4.79 Å². The largest absolute Gasteiger partial charge is 0.334 e. The van der Waals surface area contributed by atoms with Crippen LogP contribution in [0.25, 0.3) is 0 Å². The van der Waals surface area contributed by atoms with Crippen LogP contribution in [-0.4, -0.2) is 41.4 Å². The van der Waals surface area contributed by atoms with Crippen molar-refractivity contribution in [1.29, 1.82) is 0 Å². The molecule has 3 nitrogen and oxygen atoms in total. The van der Waals surface area contributed by atoms with E-state index in [0.29, 0.717) is 18.9 Å². The number of nitrogens with zero attached hydrogens (tertiary/aromatic N) is 2. The molecule has 2 aromatic rings. The number of hydrogen-bond donors (Lipinski definition) is 0. The van der Waals surface area contributed by atoms with Crippen molar-refractivity contribution in [2.45, 2.75) is 51.6 Å². The van der Waals surface area contributed by atoms with Gasteiger partial charge in [-0.05, 0) is 49.9 Å². The number of benzene rings is 2. The smallest absolute Gasteiger partial charge is 0.222 e. The van der Waals surface area contributed by atoms with E-state index in [2.05, 4.69) is 59.2 Å². The van der Waals surface area contributed by atoms with Crippen molar-refractivity contribution in [1.82, 2.24) is 9.80 Å². The summed E-state index contributed by atoms with van der Waals surface area (Å²) < 4.78 is 0. The monoisotopic (exact) mass is 364 g/mol. The van der Waals surface area contributed by atoms with Crippen LogP contribution in [0.1, 0.15) is 50.2 Å². The van der Waals surface area contributed by atoms with Crippen molar-refractivity contribution in [2.75, 3.05) is 19.6 Å². The first-order chi connectivity index (χ1) is 13.2. The molecule has 1 aliphatic rings. The van der Waals surface area contributed by atoms with E-state index in [1.807, 2.05) is 25.1 Å². The average Bonchev–Trinajstić information content (AvgIpc) is 2.73. The Morgan fingerprint density at radius 2 is 1.63 bits per heavy atom. The van der Waals surface area contributed by atoms with E-state index in [0.717, 1.165) is 19.6 Å². The minimum absolute atomic E-state index is 0.228. The molecule has 0 N–H and O–H groups in total. The van der Waals surface area contributed by atoms with Gasteiger partial charge in [-0.15, -0.1) is 0 Å². The van der Waals surface area contributed by atoms with Gasteiger partial charge in [0.05, 0.1) is 0 Å². The van der Waals surface area contributed by atoms with E-state index in [-0.39, 0.29) is 11.9 Å². The zero-order valence-corrected chi connectivity index (χ0v) is 16.7. The highest BCUT2D eigenvalue weighted by Crippen LogP contribution is 2.28. The Kier molecular flexibility index (Phi) is 7.05. The van der Waals surface area contributed by atoms with Crippen LogP contribution < -0.4 is 0 Å². The van der Waals surface area contributed by atoms with Crippen LogP contribution in [-0.2, 0) is 11.3 Å². The summed E-state index contributed by atoms with van der Waals surface area (Å²) in [5.74, 6) is 0.918. The Bertz CT molecular complexity index is 693. The molecule has 27 heavy (non-hydrogen) atoms. The number of amides is 1. The summed E-state index contributed by atoms with van der Waals surface area (Å²) in [6, 6.07) is 21.4. The zero-order chi connectivity index (χ0) is 19.1. The molecule has 0 bridgehead atoms. The van der Waals surface area contributed by atoms with Crippen molar-refractivity contribution in [3.63, 3.8) is 0 Å². The van der Waals surface area contributed by atoms with Crippen LogP contribution in [0.4, 0.5) is 0 Å². The highest BCUT2D eigenvalue weighted by molar-refractivity contribution is 5.76. The van der Waals surface area contributed by atoms with Gasteiger partial charge in [0.15, 0.2) is 0 Å². The fourth-order valence-corrected chi connectivity index (χ4v) is 4.12. The maximum absolute atomic E-state index is 12.5. The first kappa shape index (κ1) is 19.6. The number of rotatable bonds is 7. The Morgan fingerprint density at radius 1 is 1.04 bits per heavy atom. The third kappa shape index (κ3) is 5.43. The molecule has 0 aromatic heterocycles. The Hall–Kier alpha value is -2.13. The molecule has 2 aromatic carbocycles. The highest BCUT2D eigenvalue weighted by atomic mass is 16.2. The summed E-state index contributed by atoms with van der Waals surface area (Å²) in [5, 5.41) is 0. The van der Waals surface area contributed by atoms with Crippen molar-refractivity contribution in [3.8, 4) is 0 Å². The van der Waals surface area contributed by atoms with Gasteiger partial charge in [0, 0.05) is 25.6 Å². The molecule has 144 valence electrons. The van der Waals surface area contributed by atoms with Gasteiger partial charge in [-0.25, -0.2) is 0 Å². The lowest BCUT2D eigenvalue weighted by atomic mass is 9.89. The molecule has 3 rings (SSSR count). The number of hydrogen-bond acceptors (Lipinski definition) is 2. The van der Waals surface area contributed by atoms with Gasteiger partial charge in [0.1, 0.15) is 0 Å². The van der Waals surface area contributed by atoms with E-state index in [1.165, 1.54) is 24.0 Å². The van der Waals surface area contributed by atoms with Crippen LogP contribution in [0.5, 0.6) is 0 Å². The van der Waals surface area contributed by atoms with Crippen molar-refractivity contribution < 1.29 is 4.79 Å². The van der Waals surface area contributed by atoms with E-state index < -0.39 is 0 Å². The Morgan fingerprint density at radius 3 is 2.22 bits per heavy atom. The highest BCUT2D eigenvalue weighted by Gasteiger charge is 2.25. The Balaban J connectivity index is 1.56. The first-order valence-corrected chi connectivity index (χ1v) is 10.3. The zero-order valence-electron chi connectivity index (χ0n) is 16.7. The lowest BCUT2D eigenvalue weighted by molar-refractivity contribution is -0.134. The number of carbonyl (C=O) groups is 1. The van der Waals surface area contributed by atoms with Gasteiger partial charge >= 0.3 is 0 Å². The summed E-state index contributed by atoms with van der Waals surface area (Å²) in [6.45, 7) is 8.04. The van der Waals surface area contributed by atoms with Crippen LogP contribution in [0, 0.1) is 0 Å². The fraction of sp³-hybridized carbons (Fsp3) is 0.458. The second-order valence-electron chi connectivity index (χ2n) is 7.70. The molecule has 1 heterocycles. The normalized spacial score (nSPS) is 16.8. The lowest BCUT2D eigenvalue weighted by Gasteiger charge is -2.37. The topological polar surface area (TPSA) is 23.6 Å². The van der Waals surface area contributed by atoms with Crippen molar-refractivity contribution in [3.05, 3.63) is 71.8 Å². The number of likely N-dealkylation sites (tertiary alicyclic amines) is 1. The molecule has 1 unspecified atom stereocenters. The average molecular weight is 365 g/mol. The van der Waals surface area contributed by atoms with Gasteiger partial charge in [0.2, 0.25) is 5.91 Å². The predicted octanol–water partition coefficient (Wildman–Crippen LogP) is 4.69. The molecule has 0 spiro atoms. The molecule has 3 heteroatoms. The van der Waals surface area contributed by atoms with E-state index in [4.69, 9.17) is 0 Å². The van der Waals surface area contributed by atoms with E-state index in [9.17, 15) is 4.79 Å². The molecule has 0 aliphatic carbocycles. The maximum Gasteiger partial charge on any atom is 0.222 e. The fourth-order valence-electron chi connectivity index (χ4n) is 4.12. The second-order valence-corrected chi connectivity index (χ2v) is 7.70. The number of piperidine rings is 1. The lowest BCUT2D eigenvalue weighted by Crippen LogP contribution is -2.46. The van der Waals surface area contributed by atoms with Gasteiger partial charge in [-0.2, -0.15) is 0 Å². The molecular weight excluding hydrogens is 332 g/mol. The quantitative estimate of drug-likeness (QED) is 0.711. The van der Waals surface area contributed by atoms with E-state index >= 15 is 0 Å². The summed E-state index contributed by atoms with van der Waals surface area (Å²) in [5.41, 5.74) is 2.67. The number of carbonyl (C=O) groups excluding carboxylic acids is 1. The summed E-state index contributed by atoms with van der Waals surface area (Å²) in [4.78, 5) is 17.1. The molecular formula is C24H32N2O. The van der Waals surface area contributed by atoms with Crippen LogP contribution in [0.15, 0.2) is 60.7 Å². The molecule has 1 fully saturated rings. The standard InChI is InChI=1S/C24H32N2O/c1-3-24(27)26(19-21-10-6-4-7-11-21)20(2)18-25-16-14-23(15-17-25)22-12-8-5-9-13-22/h4-13,20,23H,3,14-19H2,1-2H3. The Labute approximate surface area is 164 Å². The molecule has 1 aliphatic heterocycles. The van der Waals surface area contributed by atoms with Crippen molar-refractivity contribution >= 4 is 5.91 Å². The van der Waals surface area contributed by atoms with Gasteiger partial charge in [0.25, 0.3) is 0 Å². The van der Waals surface area contributed by atoms with Crippen LogP contribution >= 0.6 is 0 Å². The summed E-state index contributed by atoms with van der Waals surface area (Å²) >= 11 is 0. The minimum atomic E-state index is 0.228. The molecule has 1 amide bonds. The third-order valence-corrected chi connectivity index (χ3v) is 5.73. The maximum atomic E-state index is 12.5. The molecule has 1 atom stereocenters. The van der Waals surface area contributed by atoms with Crippen molar-refractivity contribution in [2.24, 2.45) is 0 Å². The SMILES string of the molecule is CCC(=O)N(Cc1ccccc1)C(C)CN1CCC(c2ccccc2)CC1. The van der Waals surface area contributed by atoms with E-state index in [1.54, 1.807) is 0 Å².